The van der Waals surface area contributed by atoms with Crippen molar-refractivity contribution in [1.29, 1.82) is 0 Å². The molecule has 1 aliphatic heterocycles. The van der Waals surface area contributed by atoms with Gasteiger partial charge in [-0.1, -0.05) is 12.1 Å². The fraction of sp³-hybridized carbons (Fsp3) is 0.533. The zero-order chi connectivity index (χ0) is 14.0. The normalized spacial score (nSPS) is 15.6. The molecule has 1 heterocycles. The molecule has 0 saturated heterocycles. The van der Waals surface area contributed by atoms with Crippen LogP contribution in [0, 0.1) is 0 Å². The third kappa shape index (κ3) is 3.33. The number of carbonyl (C=O) groups excluding carboxylic acids is 1. The molecule has 0 spiro atoms. The highest BCUT2D eigenvalue weighted by Gasteiger charge is 2.27. The van der Waals surface area contributed by atoms with Crippen molar-refractivity contribution in [1.82, 2.24) is 5.32 Å². The van der Waals surface area contributed by atoms with Crippen molar-refractivity contribution in [3.05, 3.63) is 29.3 Å². The minimum Gasteiger partial charge on any atom is -0.324 e. The van der Waals surface area contributed by atoms with Crippen LogP contribution in [0.3, 0.4) is 0 Å². The lowest BCUT2D eigenvalue weighted by Crippen LogP contribution is -2.49. The molecule has 1 aliphatic rings. The third-order valence-corrected chi connectivity index (χ3v) is 3.29. The number of hydrogen-bond acceptors (Lipinski definition) is 3. The minimum absolute atomic E-state index is 0.174. The van der Waals surface area contributed by atoms with Crippen LogP contribution in [-0.4, -0.2) is 25.0 Å². The van der Waals surface area contributed by atoms with E-state index >= 15 is 0 Å². The number of rotatable bonds is 4. The van der Waals surface area contributed by atoms with E-state index in [0.717, 1.165) is 18.7 Å². The van der Waals surface area contributed by atoms with Crippen molar-refractivity contribution in [3.63, 3.8) is 0 Å². The highest BCUT2D eigenvalue weighted by Crippen LogP contribution is 2.29. The molecular weight excluding hydrogens is 238 g/mol. The molecule has 0 aliphatic carbocycles. The molecule has 3 N–H and O–H groups in total. The first-order chi connectivity index (χ1) is 8.90. The monoisotopic (exact) mass is 261 g/mol. The average Bonchev–Trinajstić information content (AvgIpc) is 2.32. The van der Waals surface area contributed by atoms with Crippen LogP contribution < -0.4 is 16.0 Å². The Hall–Kier alpha value is -1.39. The Kier molecular flexibility index (Phi) is 3.92. The number of fused-ring (bicyclic) bond motifs is 1. The molecule has 4 nitrogen and oxygen atoms in total. The molecule has 104 valence electrons. The molecule has 1 aromatic carbocycles. The number of nitrogens with zero attached hydrogens (tertiary/aromatic N) is 1. The van der Waals surface area contributed by atoms with E-state index in [1.165, 1.54) is 11.1 Å². The van der Waals surface area contributed by atoms with Crippen molar-refractivity contribution in [3.8, 4) is 0 Å². The summed E-state index contributed by atoms with van der Waals surface area (Å²) in [6, 6.07) is 6.31. The van der Waals surface area contributed by atoms with E-state index in [-0.39, 0.29) is 11.4 Å². The van der Waals surface area contributed by atoms with Crippen molar-refractivity contribution >= 4 is 11.6 Å². The van der Waals surface area contributed by atoms with Crippen LogP contribution in [0.5, 0.6) is 0 Å². The summed E-state index contributed by atoms with van der Waals surface area (Å²) < 4.78 is 0. The van der Waals surface area contributed by atoms with Gasteiger partial charge in [0.2, 0.25) is 5.91 Å². The van der Waals surface area contributed by atoms with Gasteiger partial charge in [-0.15, -0.1) is 0 Å². The SMILES string of the molecule is CNCc1ccc2c(c1)CCC(=O)N2CC(C)(C)N. The zero-order valence-corrected chi connectivity index (χ0v) is 12.0. The van der Waals surface area contributed by atoms with Crippen molar-refractivity contribution in [2.24, 2.45) is 5.73 Å². The van der Waals surface area contributed by atoms with Crippen molar-refractivity contribution in [2.45, 2.75) is 38.8 Å². The predicted octanol–water partition coefficient (Wildman–Crippen LogP) is 1.42. The molecule has 0 saturated carbocycles. The second-order valence-corrected chi connectivity index (χ2v) is 5.96. The molecule has 2 rings (SSSR count). The summed E-state index contributed by atoms with van der Waals surface area (Å²) >= 11 is 0. The molecule has 19 heavy (non-hydrogen) atoms. The first-order valence-corrected chi connectivity index (χ1v) is 6.76. The summed E-state index contributed by atoms with van der Waals surface area (Å²) in [7, 11) is 1.94. The Labute approximate surface area is 115 Å². The largest absolute Gasteiger partial charge is 0.324 e. The number of anilines is 1. The van der Waals surface area contributed by atoms with Gasteiger partial charge in [0.1, 0.15) is 0 Å². The van der Waals surface area contributed by atoms with Crippen molar-refractivity contribution < 1.29 is 4.79 Å². The van der Waals surface area contributed by atoms with Crippen LogP contribution in [0.25, 0.3) is 0 Å². The van der Waals surface area contributed by atoms with Gasteiger partial charge in [0.25, 0.3) is 0 Å². The van der Waals surface area contributed by atoms with E-state index in [1.54, 1.807) is 0 Å². The van der Waals surface area contributed by atoms with E-state index in [1.807, 2.05) is 31.9 Å². The number of nitrogens with one attached hydrogen (secondary N) is 1. The van der Waals surface area contributed by atoms with Crippen LogP contribution in [-0.2, 0) is 17.8 Å². The van der Waals surface area contributed by atoms with Crippen LogP contribution >= 0.6 is 0 Å². The smallest absolute Gasteiger partial charge is 0.227 e. The third-order valence-electron chi connectivity index (χ3n) is 3.29. The molecule has 0 bridgehead atoms. The molecule has 0 fully saturated rings. The Morgan fingerprint density at radius 2 is 2.11 bits per heavy atom. The van der Waals surface area contributed by atoms with E-state index in [0.29, 0.717) is 13.0 Å². The number of amides is 1. The Morgan fingerprint density at radius 3 is 2.74 bits per heavy atom. The summed E-state index contributed by atoms with van der Waals surface area (Å²) in [5.41, 5.74) is 9.20. The van der Waals surface area contributed by atoms with Gasteiger partial charge >= 0.3 is 0 Å². The van der Waals surface area contributed by atoms with E-state index in [2.05, 4.69) is 17.4 Å². The van der Waals surface area contributed by atoms with Gasteiger partial charge in [0.15, 0.2) is 0 Å². The molecule has 0 atom stereocenters. The van der Waals surface area contributed by atoms with E-state index in [9.17, 15) is 4.79 Å². The minimum atomic E-state index is -0.381. The molecule has 1 aromatic rings. The Morgan fingerprint density at radius 1 is 1.37 bits per heavy atom. The maximum absolute atomic E-state index is 12.1. The number of nitrogens with two attached hydrogens (primary N) is 1. The fourth-order valence-corrected chi connectivity index (χ4v) is 2.51. The number of benzene rings is 1. The molecule has 1 amide bonds. The van der Waals surface area contributed by atoms with E-state index in [4.69, 9.17) is 5.73 Å². The lowest BCUT2D eigenvalue weighted by molar-refractivity contribution is -0.119. The molecule has 0 aromatic heterocycles. The maximum atomic E-state index is 12.1. The first kappa shape index (κ1) is 14.0. The summed E-state index contributed by atoms with van der Waals surface area (Å²) in [4.78, 5) is 13.9. The number of carbonyl (C=O) groups is 1. The lowest BCUT2D eigenvalue weighted by Gasteiger charge is -2.34. The van der Waals surface area contributed by atoms with Gasteiger partial charge in [-0.05, 0) is 44.5 Å². The van der Waals surface area contributed by atoms with Crippen LogP contribution in [0.4, 0.5) is 5.69 Å². The summed E-state index contributed by atoms with van der Waals surface area (Å²) in [6.45, 7) is 5.31. The zero-order valence-electron chi connectivity index (χ0n) is 12.0. The first-order valence-electron chi connectivity index (χ1n) is 6.76. The van der Waals surface area contributed by atoms with Crippen LogP contribution in [0.15, 0.2) is 18.2 Å². The second kappa shape index (κ2) is 5.31. The highest BCUT2D eigenvalue weighted by molar-refractivity contribution is 5.96. The number of hydrogen-bond donors (Lipinski definition) is 2. The second-order valence-electron chi connectivity index (χ2n) is 5.96. The summed E-state index contributed by atoms with van der Waals surface area (Å²) in [5, 5.41) is 3.15. The lowest BCUT2D eigenvalue weighted by atomic mass is 9.96. The molecule has 4 heteroatoms. The van der Waals surface area contributed by atoms with Gasteiger partial charge in [-0.3, -0.25) is 4.79 Å². The molecule has 0 radical (unpaired) electrons. The van der Waals surface area contributed by atoms with Gasteiger partial charge in [-0.25, -0.2) is 0 Å². The number of aryl methyl sites for hydroxylation is 1. The maximum Gasteiger partial charge on any atom is 0.227 e. The van der Waals surface area contributed by atoms with Crippen molar-refractivity contribution in [2.75, 3.05) is 18.5 Å². The Bertz CT molecular complexity index is 477. The fourth-order valence-electron chi connectivity index (χ4n) is 2.51. The highest BCUT2D eigenvalue weighted by atomic mass is 16.2. The van der Waals surface area contributed by atoms with Gasteiger partial charge in [0, 0.05) is 30.7 Å². The average molecular weight is 261 g/mol. The molecular formula is C15H23N3O. The molecule has 0 unspecified atom stereocenters. The quantitative estimate of drug-likeness (QED) is 0.862. The summed E-state index contributed by atoms with van der Waals surface area (Å²) in [5.74, 6) is 0.174. The van der Waals surface area contributed by atoms with Gasteiger partial charge < -0.3 is 16.0 Å². The topological polar surface area (TPSA) is 58.4 Å². The van der Waals surface area contributed by atoms with Crippen LogP contribution in [0.1, 0.15) is 31.4 Å². The standard InChI is InChI=1S/C15H23N3O/c1-15(2,16)10-18-13-6-4-11(9-17-3)8-12(13)5-7-14(18)19/h4,6,8,17H,5,7,9-10,16H2,1-3H3. The van der Waals surface area contributed by atoms with Gasteiger partial charge in [0.05, 0.1) is 0 Å². The summed E-state index contributed by atoms with van der Waals surface area (Å²) in [6.07, 6.45) is 1.40. The van der Waals surface area contributed by atoms with E-state index < -0.39 is 0 Å². The van der Waals surface area contributed by atoms with Crippen LogP contribution in [0.2, 0.25) is 0 Å². The van der Waals surface area contributed by atoms with Gasteiger partial charge in [-0.2, -0.15) is 0 Å². The Balaban J connectivity index is 2.31. The predicted molar refractivity (Wildman–Crippen MR) is 78.1 cm³/mol.